The molecule has 0 bridgehead atoms. The molecule has 2 atom stereocenters. The third kappa shape index (κ3) is 4.59. The van der Waals surface area contributed by atoms with Gasteiger partial charge in [0.1, 0.15) is 0 Å². The number of carbonyl (C=O) groups excluding carboxylic acids is 1. The van der Waals surface area contributed by atoms with E-state index >= 15 is 0 Å². The van der Waals surface area contributed by atoms with Crippen LogP contribution >= 0.6 is 11.8 Å². The number of halogens is 3. The van der Waals surface area contributed by atoms with Crippen LogP contribution in [0.15, 0.2) is 46.2 Å². The van der Waals surface area contributed by atoms with Crippen LogP contribution < -0.4 is 16.0 Å². The molecular formula is C22H24F3N3OS. The standard InChI is InChI=1S/C22H24F3N3OS/c1-26-15-6-4-5-13(9-15)10-20(29)27-17-11-14(22(23,24)25)12-19-21(17)28-16-7-2-3-8-18(16)30-19/h2-3,7-8,11-13,15,26,28H,4-6,9-10H2,1H3,(H,27,29). The third-order valence-corrected chi connectivity index (χ3v) is 6.85. The molecule has 4 nitrogen and oxygen atoms in total. The van der Waals surface area contributed by atoms with Crippen molar-refractivity contribution in [2.45, 2.75) is 54.1 Å². The van der Waals surface area contributed by atoms with Crippen LogP contribution in [0.5, 0.6) is 0 Å². The first-order valence-corrected chi connectivity index (χ1v) is 10.9. The van der Waals surface area contributed by atoms with Crippen LogP contribution in [0.3, 0.4) is 0 Å². The van der Waals surface area contributed by atoms with Crippen LogP contribution in [0.1, 0.15) is 37.7 Å². The van der Waals surface area contributed by atoms with E-state index < -0.39 is 11.7 Å². The number of carbonyl (C=O) groups is 1. The maximum absolute atomic E-state index is 13.5. The Kier molecular flexibility index (Phi) is 5.97. The van der Waals surface area contributed by atoms with Gasteiger partial charge in [-0.2, -0.15) is 13.2 Å². The molecule has 1 aliphatic carbocycles. The van der Waals surface area contributed by atoms with E-state index in [1.807, 2.05) is 31.3 Å². The van der Waals surface area contributed by atoms with Crippen LogP contribution in [0.4, 0.5) is 30.2 Å². The fourth-order valence-corrected chi connectivity index (χ4v) is 5.26. The van der Waals surface area contributed by atoms with Crippen molar-refractivity contribution in [2.24, 2.45) is 5.92 Å². The minimum atomic E-state index is -4.49. The summed E-state index contributed by atoms with van der Waals surface area (Å²) < 4.78 is 40.4. The van der Waals surface area contributed by atoms with Crippen LogP contribution in [-0.4, -0.2) is 19.0 Å². The molecule has 0 spiro atoms. The largest absolute Gasteiger partial charge is 0.416 e. The van der Waals surface area contributed by atoms with Crippen molar-refractivity contribution in [2.75, 3.05) is 17.7 Å². The fourth-order valence-electron chi connectivity index (χ4n) is 4.20. The molecular weight excluding hydrogens is 411 g/mol. The van der Waals surface area contributed by atoms with Crippen molar-refractivity contribution >= 4 is 34.7 Å². The van der Waals surface area contributed by atoms with E-state index in [0.29, 0.717) is 23.0 Å². The van der Waals surface area contributed by atoms with E-state index in [4.69, 9.17) is 0 Å². The zero-order chi connectivity index (χ0) is 21.3. The molecule has 0 aromatic heterocycles. The Morgan fingerprint density at radius 1 is 1.20 bits per heavy atom. The fraction of sp³-hybridized carbons (Fsp3) is 0.409. The first-order valence-electron chi connectivity index (χ1n) is 10.1. The summed E-state index contributed by atoms with van der Waals surface area (Å²) in [4.78, 5) is 14.0. The van der Waals surface area contributed by atoms with Gasteiger partial charge in [-0.25, -0.2) is 0 Å². The highest BCUT2D eigenvalue weighted by Gasteiger charge is 2.34. The molecule has 0 radical (unpaired) electrons. The number of alkyl halides is 3. The quantitative estimate of drug-likeness (QED) is 0.469. The average Bonchev–Trinajstić information content (AvgIpc) is 2.71. The molecule has 2 aromatic rings. The second-order valence-corrected chi connectivity index (χ2v) is 8.97. The van der Waals surface area contributed by atoms with Crippen LogP contribution in [0.25, 0.3) is 0 Å². The van der Waals surface area contributed by atoms with Crippen molar-refractivity contribution in [1.82, 2.24) is 5.32 Å². The lowest BCUT2D eigenvalue weighted by atomic mass is 9.83. The molecule has 0 saturated heterocycles. The van der Waals surface area contributed by atoms with Gasteiger partial charge >= 0.3 is 6.18 Å². The van der Waals surface area contributed by atoms with E-state index in [1.54, 1.807) is 0 Å². The number of fused-ring (bicyclic) bond motifs is 2. The van der Waals surface area contributed by atoms with Gasteiger partial charge in [0.15, 0.2) is 0 Å². The number of nitrogens with one attached hydrogen (secondary N) is 3. The molecule has 8 heteroatoms. The molecule has 2 aliphatic rings. The van der Waals surface area contributed by atoms with Gasteiger partial charge in [0.2, 0.25) is 5.91 Å². The minimum Gasteiger partial charge on any atom is -0.352 e. The Balaban J connectivity index is 1.58. The number of hydrogen-bond acceptors (Lipinski definition) is 4. The third-order valence-electron chi connectivity index (χ3n) is 5.74. The van der Waals surface area contributed by atoms with Gasteiger partial charge in [-0.3, -0.25) is 4.79 Å². The summed E-state index contributed by atoms with van der Waals surface area (Å²) in [5.74, 6) is -0.00942. The normalized spacial score (nSPS) is 20.7. The molecule has 160 valence electrons. The van der Waals surface area contributed by atoms with Gasteiger partial charge in [-0.05, 0) is 56.5 Å². The molecule has 30 heavy (non-hydrogen) atoms. The zero-order valence-electron chi connectivity index (χ0n) is 16.6. The van der Waals surface area contributed by atoms with Crippen molar-refractivity contribution in [3.8, 4) is 0 Å². The van der Waals surface area contributed by atoms with Crippen molar-refractivity contribution < 1.29 is 18.0 Å². The Morgan fingerprint density at radius 3 is 2.77 bits per heavy atom. The lowest BCUT2D eigenvalue weighted by Gasteiger charge is -2.29. The molecule has 1 heterocycles. The van der Waals surface area contributed by atoms with Gasteiger partial charge in [-0.15, -0.1) is 0 Å². The first-order chi connectivity index (χ1) is 14.3. The summed E-state index contributed by atoms with van der Waals surface area (Å²) >= 11 is 1.27. The molecule has 4 rings (SSSR count). The number of benzene rings is 2. The molecule has 2 aromatic carbocycles. The number of hydrogen-bond donors (Lipinski definition) is 3. The number of anilines is 3. The Hall–Kier alpha value is -2.19. The van der Waals surface area contributed by atoms with Gasteiger partial charge < -0.3 is 16.0 Å². The smallest absolute Gasteiger partial charge is 0.352 e. The highest BCUT2D eigenvalue weighted by molar-refractivity contribution is 7.99. The summed E-state index contributed by atoms with van der Waals surface area (Å²) in [6.45, 7) is 0. The van der Waals surface area contributed by atoms with Crippen molar-refractivity contribution in [3.63, 3.8) is 0 Å². The van der Waals surface area contributed by atoms with E-state index in [0.717, 1.165) is 48.4 Å². The van der Waals surface area contributed by atoms with Crippen LogP contribution in [-0.2, 0) is 11.0 Å². The molecule has 1 amide bonds. The predicted molar refractivity (Wildman–Crippen MR) is 113 cm³/mol. The number of para-hydroxylation sites is 1. The summed E-state index contributed by atoms with van der Waals surface area (Å²) in [7, 11) is 1.92. The topological polar surface area (TPSA) is 53.2 Å². The van der Waals surface area contributed by atoms with Gasteiger partial charge in [-0.1, -0.05) is 30.3 Å². The summed E-state index contributed by atoms with van der Waals surface area (Å²) in [6.07, 6.45) is -0.157. The maximum Gasteiger partial charge on any atom is 0.416 e. The molecule has 2 unspecified atom stereocenters. The second kappa shape index (κ2) is 8.51. The summed E-state index contributed by atoms with van der Waals surface area (Å²) in [6, 6.07) is 9.99. The zero-order valence-corrected chi connectivity index (χ0v) is 17.4. The lowest BCUT2D eigenvalue weighted by molar-refractivity contribution is -0.137. The molecule has 1 fully saturated rings. The van der Waals surface area contributed by atoms with Crippen LogP contribution in [0, 0.1) is 5.92 Å². The second-order valence-electron chi connectivity index (χ2n) is 7.89. The van der Waals surface area contributed by atoms with E-state index in [2.05, 4.69) is 16.0 Å². The molecule has 1 saturated carbocycles. The minimum absolute atomic E-state index is 0.174. The highest BCUT2D eigenvalue weighted by Crippen LogP contribution is 2.49. The van der Waals surface area contributed by atoms with Gasteiger partial charge in [0.05, 0.1) is 22.6 Å². The SMILES string of the molecule is CNC1CCCC(CC(=O)Nc2cc(C(F)(F)F)cc3c2Nc2ccccc2S3)C1. The summed E-state index contributed by atoms with van der Waals surface area (Å²) in [5.41, 5.74) is 0.733. The van der Waals surface area contributed by atoms with Gasteiger partial charge in [0, 0.05) is 22.3 Å². The van der Waals surface area contributed by atoms with E-state index in [-0.39, 0.29) is 17.5 Å². The highest BCUT2D eigenvalue weighted by atomic mass is 32.2. The van der Waals surface area contributed by atoms with E-state index in [1.165, 1.54) is 11.8 Å². The number of rotatable bonds is 4. The first kappa shape index (κ1) is 21.1. The maximum atomic E-state index is 13.5. The number of amides is 1. The van der Waals surface area contributed by atoms with Crippen molar-refractivity contribution in [3.05, 3.63) is 42.0 Å². The summed E-state index contributed by atoms with van der Waals surface area (Å²) in [5, 5.41) is 9.22. The van der Waals surface area contributed by atoms with Gasteiger partial charge in [0.25, 0.3) is 0 Å². The lowest BCUT2D eigenvalue weighted by Crippen LogP contribution is -2.32. The predicted octanol–water partition coefficient (Wildman–Crippen LogP) is 6.02. The molecule has 3 N–H and O–H groups in total. The monoisotopic (exact) mass is 435 g/mol. The Bertz CT molecular complexity index is 948. The van der Waals surface area contributed by atoms with Crippen LogP contribution in [0.2, 0.25) is 0 Å². The average molecular weight is 436 g/mol. The Morgan fingerprint density at radius 2 is 2.00 bits per heavy atom. The van der Waals surface area contributed by atoms with Crippen molar-refractivity contribution in [1.29, 1.82) is 0 Å². The van der Waals surface area contributed by atoms with E-state index in [9.17, 15) is 18.0 Å². The Labute approximate surface area is 178 Å². The molecule has 1 aliphatic heterocycles.